The predicted molar refractivity (Wildman–Crippen MR) is 77.6 cm³/mol. The molecule has 0 aliphatic carbocycles. The largest absolute Gasteiger partial charge is 0.480 e. The van der Waals surface area contributed by atoms with Crippen molar-refractivity contribution in [3.63, 3.8) is 0 Å². The van der Waals surface area contributed by atoms with Crippen molar-refractivity contribution >= 4 is 12.0 Å². The van der Waals surface area contributed by atoms with E-state index in [0.29, 0.717) is 13.0 Å². The molecule has 0 radical (unpaired) electrons. The summed E-state index contributed by atoms with van der Waals surface area (Å²) in [6, 6.07) is 8.52. The smallest absolute Gasteiger partial charge is 0.326 e. The van der Waals surface area contributed by atoms with E-state index in [1.165, 1.54) is 0 Å². The Morgan fingerprint density at radius 1 is 1.20 bits per heavy atom. The minimum atomic E-state index is -1.00. The van der Waals surface area contributed by atoms with Gasteiger partial charge in [0.05, 0.1) is 0 Å². The van der Waals surface area contributed by atoms with Crippen molar-refractivity contribution in [2.24, 2.45) is 5.92 Å². The fourth-order valence-corrected chi connectivity index (χ4v) is 1.87. The van der Waals surface area contributed by atoms with Gasteiger partial charge in [-0.1, -0.05) is 44.2 Å². The van der Waals surface area contributed by atoms with Crippen molar-refractivity contribution in [2.45, 2.75) is 32.7 Å². The van der Waals surface area contributed by atoms with Crippen LogP contribution in [0.15, 0.2) is 30.3 Å². The quantitative estimate of drug-likeness (QED) is 0.714. The SMILES string of the molecule is CC(C)CC(NC(=O)NCCc1ccccc1)C(=O)O. The predicted octanol–water partition coefficient (Wildman–Crippen LogP) is 2.03. The summed E-state index contributed by atoms with van der Waals surface area (Å²) in [4.78, 5) is 22.7. The highest BCUT2D eigenvalue weighted by atomic mass is 16.4. The lowest BCUT2D eigenvalue weighted by Crippen LogP contribution is -2.47. The Morgan fingerprint density at radius 2 is 1.85 bits per heavy atom. The van der Waals surface area contributed by atoms with Gasteiger partial charge < -0.3 is 15.7 Å². The highest BCUT2D eigenvalue weighted by molar-refractivity contribution is 5.82. The third-order valence-electron chi connectivity index (χ3n) is 2.85. The molecule has 20 heavy (non-hydrogen) atoms. The first-order valence-corrected chi connectivity index (χ1v) is 6.80. The molecule has 1 rings (SSSR count). The highest BCUT2D eigenvalue weighted by Gasteiger charge is 2.20. The maximum Gasteiger partial charge on any atom is 0.326 e. The highest BCUT2D eigenvalue weighted by Crippen LogP contribution is 2.04. The maximum absolute atomic E-state index is 11.6. The lowest BCUT2D eigenvalue weighted by molar-refractivity contribution is -0.139. The number of carbonyl (C=O) groups is 2. The molecule has 110 valence electrons. The van der Waals surface area contributed by atoms with E-state index in [1.54, 1.807) is 0 Å². The maximum atomic E-state index is 11.6. The Balaban J connectivity index is 2.33. The Kier molecular flexibility index (Phi) is 6.56. The van der Waals surface area contributed by atoms with Gasteiger partial charge in [-0.15, -0.1) is 0 Å². The Labute approximate surface area is 119 Å². The van der Waals surface area contributed by atoms with Gasteiger partial charge in [-0.3, -0.25) is 0 Å². The van der Waals surface area contributed by atoms with E-state index >= 15 is 0 Å². The molecular weight excluding hydrogens is 256 g/mol. The van der Waals surface area contributed by atoms with Gasteiger partial charge >= 0.3 is 12.0 Å². The molecule has 0 fully saturated rings. The van der Waals surface area contributed by atoms with Crippen molar-refractivity contribution in [3.8, 4) is 0 Å². The first-order chi connectivity index (χ1) is 9.49. The van der Waals surface area contributed by atoms with E-state index in [-0.39, 0.29) is 5.92 Å². The molecule has 0 bridgehead atoms. The second kappa shape index (κ2) is 8.19. The normalized spacial score (nSPS) is 11.9. The van der Waals surface area contributed by atoms with Crippen LogP contribution in [0.1, 0.15) is 25.8 Å². The summed E-state index contributed by atoms with van der Waals surface area (Å²) in [5.74, 6) is -0.794. The lowest BCUT2D eigenvalue weighted by atomic mass is 10.0. The number of hydrogen-bond donors (Lipinski definition) is 3. The molecule has 0 saturated carbocycles. The Hall–Kier alpha value is -2.04. The summed E-state index contributed by atoms with van der Waals surface area (Å²) in [5, 5.41) is 14.2. The van der Waals surface area contributed by atoms with Crippen molar-refractivity contribution in [3.05, 3.63) is 35.9 Å². The molecule has 1 aromatic rings. The summed E-state index contributed by atoms with van der Waals surface area (Å²) in [7, 11) is 0. The average molecular weight is 278 g/mol. The monoisotopic (exact) mass is 278 g/mol. The number of rotatable bonds is 7. The number of nitrogens with one attached hydrogen (secondary N) is 2. The van der Waals surface area contributed by atoms with Crippen LogP contribution in [-0.4, -0.2) is 29.7 Å². The van der Waals surface area contributed by atoms with Gasteiger partial charge in [0.25, 0.3) is 0 Å². The van der Waals surface area contributed by atoms with E-state index in [4.69, 9.17) is 5.11 Å². The zero-order valence-electron chi connectivity index (χ0n) is 11.9. The fourth-order valence-electron chi connectivity index (χ4n) is 1.87. The van der Waals surface area contributed by atoms with Gasteiger partial charge in [-0.2, -0.15) is 0 Å². The van der Waals surface area contributed by atoms with Crippen molar-refractivity contribution in [1.82, 2.24) is 10.6 Å². The average Bonchev–Trinajstić information content (AvgIpc) is 2.38. The van der Waals surface area contributed by atoms with Crippen LogP contribution in [0.2, 0.25) is 0 Å². The molecule has 1 atom stereocenters. The summed E-state index contributed by atoms with van der Waals surface area (Å²) >= 11 is 0. The van der Waals surface area contributed by atoms with E-state index in [2.05, 4.69) is 10.6 Å². The second-order valence-corrected chi connectivity index (χ2v) is 5.16. The van der Waals surface area contributed by atoms with Crippen LogP contribution in [0.3, 0.4) is 0 Å². The number of amides is 2. The molecule has 0 saturated heterocycles. The van der Waals surface area contributed by atoms with Crippen LogP contribution < -0.4 is 10.6 Å². The van der Waals surface area contributed by atoms with Crippen LogP contribution in [-0.2, 0) is 11.2 Å². The summed E-state index contributed by atoms with van der Waals surface area (Å²) in [6.45, 7) is 4.32. The van der Waals surface area contributed by atoms with Crippen LogP contribution in [0, 0.1) is 5.92 Å². The lowest BCUT2D eigenvalue weighted by Gasteiger charge is -2.16. The van der Waals surface area contributed by atoms with E-state index in [1.807, 2.05) is 44.2 Å². The van der Waals surface area contributed by atoms with E-state index in [9.17, 15) is 9.59 Å². The number of carbonyl (C=O) groups excluding carboxylic acids is 1. The molecule has 1 unspecified atom stereocenters. The number of carboxylic acids is 1. The number of benzene rings is 1. The third-order valence-corrected chi connectivity index (χ3v) is 2.85. The van der Waals surface area contributed by atoms with Gasteiger partial charge in [0.15, 0.2) is 0 Å². The van der Waals surface area contributed by atoms with Crippen LogP contribution in [0.25, 0.3) is 0 Å². The van der Waals surface area contributed by atoms with Gasteiger partial charge in [0, 0.05) is 6.54 Å². The van der Waals surface area contributed by atoms with E-state index in [0.717, 1.165) is 12.0 Å². The van der Waals surface area contributed by atoms with Gasteiger partial charge in [0.2, 0.25) is 0 Å². The molecule has 0 aliphatic heterocycles. The number of hydrogen-bond acceptors (Lipinski definition) is 2. The zero-order chi connectivity index (χ0) is 15.0. The Bertz CT molecular complexity index is 432. The molecule has 0 aliphatic rings. The van der Waals surface area contributed by atoms with Gasteiger partial charge in [-0.05, 0) is 24.3 Å². The molecule has 0 aromatic heterocycles. The third kappa shape index (κ3) is 6.22. The molecule has 5 heteroatoms. The van der Waals surface area contributed by atoms with E-state index < -0.39 is 18.0 Å². The number of urea groups is 1. The van der Waals surface area contributed by atoms with Crippen molar-refractivity contribution in [2.75, 3.05) is 6.54 Å². The molecule has 5 nitrogen and oxygen atoms in total. The number of carboxylic acid groups (broad SMARTS) is 1. The van der Waals surface area contributed by atoms with Gasteiger partial charge in [0.1, 0.15) is 6.04 Å². The van der Waals surface area contributed by atoms with Crippen LogP contribution in [0.4, 0.5) is 4.79 Å². The van der Waals surface area contributed by atoms with Crippen LogP contribution in [0.5, 0.6) is 0 Å². The fraction of sp³-hybridized carbons (Fsp3) is 0.467. The first kappa shape index (κ1) is 16.0. The van der Waals surface area contributed by atoms with Crippen molar-refractivity contribution < 1.29 is 14.7 Å². The molecule has 0 heterocycles. The molecule has 3 N–H and O–H groups in total. The Morgan fingerprint density at radius 3 is 2.40 bits per heavy atom. The second-order valence-electron chi connectivity index (χ2n) is 5.16. The molecule has 2 amide bonds. The number of aliphatic carboxylic acids is 1. The van der Waals surface area contributed by atoms with Crippen LogP contribution >= 0.6 is 0 Å². The minimum absolute atomic E-state index is 0.209. The minimum Gasteiger partial charge on any atom is -0.480 e. The topological polar surface area (TPSA) is 78.4 Å². The van der Waals surface area contributed by atoms with Crippen molar-refractivity contribution in [1.29, 1.82) is 0 Å². The summed E-state index contributed by atoms with van der Waals surface area (Å²) in [5.41, 5.74) is 1.13. The van der Waals surface area contributed by atoms with Gasteiger partial charge in [-0.25, -0.2) is 9.59 Å². The summed E-state index contributed by atoms with van der Waals surface area (Å²) in [6.07, 6.45) is 1.14. The standard InChI is InChI=1S/C15H22N2O3/c1-11(2)10-13(14(18)19)17-15(20)16-9-8-12-6-4-3-5-7-12/h3-7,11,13H,8-10H2,1-2H3,(H,18,19)(H2,16,17,20). The molecular formula is C15H22N2O3. The first-order valence-electron chi connectivity index (χ1n) is 6.80. The molecule has 0 spiro atoms. The molecule has 1 aromatic carbocycles. The summed E-state index contributed by atoms with van der Waals surface area (Å²) < 4.78 is 0. The zero-order valence-corrected chi connectivity index (χ0v) is 11.9.